The number of piperidine rings is 1. The minimum Gasteiger partial charge on any atom is -0.387 e. The Hall–Kier alpha value is -4.34. The Morgan fingerprint density at radius 1 is 1.00 bits per heavy atom. The minimum atomic E-state index is -1.42. The van der Waals surface area contributed by atoms with Crippen molar-refractivity contribution < 1.29 is 19.7 Å². The number of nitrogens with one attached hydrogen (secondary N) is 2. The van der Waals surface area contributed by atoms with Crippen LogP contribution in [-0.2, 0) is 9.53 Å². The normalized spacial score (nSPS) is 21.9. The first kappa shape index (κ1) is 30.7. The van der Waals surface area contributed by atoms with Gasteiger partial charge in [0.2, 0.25) is 5.82 Å². The zero-order valence-corrected chi connectivity index (χ0v) is 25.3. The second-order valence-corrected chi connectivity index (χ2v) is 11.4. The van der Waals surface area contributed by atoms with Crippen molar-refractivity contribution in [3.8, 4) is 11.8 Å². The van der Waals surface area contributed by atoms with Gasteiger partial charge in [0.1, 0.15) is 12.2 Å². The number of likely N-dealkylation sites (tertiary alicyclic amines) is 1. The second kappa shape index (κ2) is 14.2. The lowest BCUT2D eigenvalue weighted by molar-refractivity contribution is -0.137. The van der Waals surface area contributed by atoms with E-state index in [1.807, 2.05) is 36.4 Å². The summed E-state index contributed by atoms with van der Waals surface area (Å²) in [5.74, 6) is 6.69. The number of amides is 1. The Labute approximate surface area is 262 Å². The van der Waals surface area contributed by atoms with Crippen LogP contribution < -0.4 is 10.6 Å². The predicted octanol–water partition coefficient (Wildman–Crippen LogP) is 2.66. The van der Waals surface area contributed by atoms with Crippen molar-refractivity contribution in [2.24, 2.45) is 0 Å². The molecule has 2 aromatic heterocycles. The van der Waals surface area contributed by atoms with E-state index in [4.69, 9.17) is 14.7 Å². The monoisotopic (exact) mass is 609 g/mol. The third kappa shape index (κ3) is 6.84. The molecule has 4 heterocycles. The molecule has 0 radical (unpaired) electrons. The van der Waals surface area contributed by atoms with E-state index in [9.17, 15) is 15.0 Å². The van der Waals surface area contributed by atoms with Crippen LogP contribution in [0.2, 0.25) is 0 Å². The molecule has 4 N–H and O–H groups in total. The number of carbonyl (C=O) groups excluding carboxylic acids is 1. The molecule has 0 aliphatic carbocycles. The fourth-order valence-electron chi connectivity index (χ4n) is 6.01. The fourth-order valence-corrected chi connectivity index (χ4v) is 6.01. The third-order valence-corrected chi connectivity index (χ3v) is 8.37. The van der Waals surface area contributed by atoms with E-state index in [0.717, 1.165) is 24.2 Å². The summed E-state index contributed by atoms with van der Waals surface area (Å²) in [6, 6.07) is 20.5. The molecule has 0 spiro atoms. The van der Waals surface area contributed by atoms with Crippen molar-refractivity contribution in [2.45, 2.75) is 56.6 Å². The van der Waals surface area contributed by atoms with Crippen molar-refractivity contribution in [1.82, 2.24) is 29.7 Å². The predicted molar refractivity (Wildman–Crippen MR) is 170 cm³/mol. The number of carbonyl (C=O) groups is 1. The van der Waals surface area contributed by atoms with E-state index >= 15 is 0 Å². The highest BCUT2D eigenvalue weighted by Crippen LogP contribution is 2.33. The van der Waals surface area contributed by atoms with Crippen molar-refractivity contribution in [3.63, 3.8) is 0 Å². The Morgan fingerprint density at radius 2 is 1.69 bits per heavy atom. The lowest BCUT2D eigenvalue weighted by Crippen LogP contribution is -2.42. The van der Waals surface area contributed by atoms with Crippen LogP contribution in [0, 0.1) is 11.8 Å². The number of nitrogens with zero attached hydrogens (tertiary/aromatic N) is 5. The van der Waals surface area contributed by atoms with Crippen LogP contribution in [0.5, 0.6) is 0 Å². The molecule has 234 valence electrons. The molecular formula is C34H39N7O4. The van der Waals surface area contributed by atoms with Crippen LogP contribution in [0.4, 0.5) is 5.82 Å². The maximum Gasteiger partial charge on any atom is 0.252 e. The number of aromatic nitrogens is 4. The number of hydrogen-bond donors (Lipinski definition) is 4. The Kier molecular flexibility index (Phi) is 9.66. The van der Waals surface area contributed by atoms with E-state index in [1.165, 1.54) is 30.2 Å². The smallest absolute Gasteiger partial charge is 0.252 e. The molecule has 45 heavy (non-hydrogen) atoms. The number of imidazole rings is 1. The third-order valence-electron chi connectivity index (χ3n) is 8.37. The number of fused-ring (bicyclic) bond motifs is 1. The van der Waals surface area contributed by atoms with Crippen LogP contribution >= 0.6 is 0 Å². The van der Waals surface area contributed by atoms with Gasteiger partial charge in [0, 0.05) is 19.0 Å². The largest absolute Gasteiger partial charge is 0.387 e. The molecule has 0 unspecified atom stereocenters. The molecule has 0 saturated carbocycles. The average molecular weight is 610 g/mol. The number of ether oxygens (including phenoxy) is 1. The molecule has 2 fully saturated rings. The Bertz CT molecular complexity index is 1610. The summed E-state index contributed by atoms with van der Waals surface area (Å²) < 4.78 is 7.43. The van der Waals surface area contributed by atoms with Gasteiger partial charge in [-0.1, -0.05) is 73.0 Å². The lowest BCUT2D eigenvalue weighted by atomic mass is 9.91. The molecule has 11 nitrogen and oxygen atoms in total. The molecule has 2 aromatic carbocycles. The Morgan fingerprint density at radius 3 is 2.36 bits per heavy atom. The molecule has 4 atom stereocenters. The van der Waals surface area contributed by atoms with Gasteiger partial charge in [-0.15, -0.1) is 0 Å². The van der Waals surface area contributed by atoms with Crippen LogP contribution in [0.25, 0.3) is 11.2 Å². The topological polar surface area (TPSA) is 138 Å². The van der Waals surface area contributed by atoms with Gasteiger partial charge in [-0.05, 0) is 49.9 Å². The maximum atomic E-state index is 12.5. The molecule has 2 saturated heterocycles. The van der Waals surface area contributed by atoms with Crippen molar-refractivity contribution in [1.29, 1.82) is 0 Å². The summed E-state index contributed by atoms with van der Waals surface area (Å²) in [5, 5.41) is 27.8. The van der Waals surface area contributed by atoms with Crippen LogP contribution in [0.1, 0.15) is 55.3 Å². The highest BCUT2D eigenvalue weighted by Gasteiger charge is 2.47. The number of aliphatic hydroxyl groups excluding tert-OH is 2. The first-order valence-corrected chi connectivity index (χ1v) is 15.6. The SMILES string of the molecule is CCNC(=O)[C@H]1O[C@@H](n2cnc3c(NCC(c4ccccc4)c4ccccc4)nc(C#CCN4CCCCC4)nc32)[C@H](O)[C@@H]1O. The number of likely N-dealkylation sites (N-methyl/N-ethyl adjacent to an activating group) is 1. The number of rotatable bonds is 9. The van der Waals surface area contributed by atoms with Crippen molar-refractivity contribution in [3.05, 3.63) is 83.9 Å². The summed E-state index contributed by atoms with van der Waals surface area (Å²) in [7, 11) is 0. The van der Waals surface area contributed by atoms with Gasteiger partial charge in [0.25, 0.3) is 5.91 Å². The van der Waals surface area contributed by atoms with Crippen molar-refractivity contribution in [2.75, 3.05) is 38.0 Å². The summed E-state index contributed by atoms with van der Waals surface area (Å²) >= 11 is 0. The first-order chi connectivity index (χ1) is 22.0. The number of aliphatic hydroxyl groups is 2. The summed E-state index contributed by atoms with van der Waals surface area (Å²) in [5.41, 5.74) is 3.14. The minimum absolute atomic E-state index is 0.0288. The van der Waals surface area contributed by atoms with E-state index < -0.39 is 30.4 Å². The number of benzene rings is 2. The van der Waals surface area contributed by atoms with Crippen LogP contribution in [-0.4, -0.2) is 91.6 Å². The average Bonchev–Trinajstić information content (AvgIpc) is 3.63. The van der Waals surface area contributed by atoms with Crippen LogP contribution in [0.3, 0.4) is 0 Å². The van der Waals surface area contributed by atoms with E-state index in [1.54, 1.807) is 6.92 Å². The lowest BCUT2D eigenvalue weighted by Gasteiger charge is -2.23. The van der Waals surface area contributed by atoms with E-state index in [0.29, 0.717) is 42.4 Å². The molecule has 4 aromatic rings. The van der Waals surface area contributed by atoms with Crippen molar-refractivity contribution >= 4 is 22.9 Å². The fraction of sp³-hybridized carbons (Fsp3) is 0.412. The summed E-state index contributed by atoms with van der Waals surface area (Å²) in [6.45, 7) is 5.35. The van der Waals surface area contributed by atoms with Gasteiger partial charge >= 0.3 is 0 Å². The van der Waals surface area contributed by atoms with E-state index in [2.05, 4.69) is 56.6 Å². The van der Waals surface area contributed by atoms with Gasteiger partial charge in [0.15, 0.2) is 29.3 Å². The summed E-state index contributed by atoms with van der Waals surface area (Å²) in [4.78, 5) is 28.9. The zero-order chi connectivity index (χ0) is 31.2. The molecule has 0 bridgehead atoms. The highest BCUT2D eigenvalue weighted by atomic mass is 16.6. The van der Waals surface area contributed by atoms with Crippen LogP contribution in [0.15, 0.2) is 67.0 Å². The van der Waals surface area contributed by atoms with Gasteiger partial charge in [-0.3, -0.25) is 14.3 Å². The molecule has 2 aliphatic rings. The van der Waals surface area contributed by atoms with E-state index in [-0.39, 0.29) is 5.92 Å². The molecule has 11 heteroatoms. The quantitative estimate of drug-likeness (QED) is 0.211. The zero-order valence-electron chi connectivity index (χ0n) is 25.3. The standard InChI is InChI=1S/C34H39N7O4/c1-2-35-33(44)30-28(42)29(43)34(45-30)41-22-37-27-31(38-26(39-32(27)41)17-12-20-40-18-10-5-11-19-40)36-21-25(23-13-6-3-7-14-23)24-15-8-4-9-16-24/h3-4,6-9,13-16,22,25,28-30,34,42-43H,2,5,10-11,18-21H2,1H3,(H,35,44)(H,36,38,39)/t28-,29+,30-,34+/m0/s1. The maximum absolute atomic E-state index is 12.5. The Balaban J connectivity index is 1.34. The van der Waals surface area contributed by atoms with Gasteiger partial charge < -0.3 is 25.6 Å². The molecule has 6 rings (SSSR count). The van der Waals surface area contributed by atoms with Gasteiger partial charge in [0.05, 0.1) is 12.9 Å². The molecule has 2 aliphatic heterocycles. The molecule has 1 amide bonds. The number of hydrogen-bond acceptors (Lipinski definition) is 9. The number of anilines is 1. The first-order valence-electron chi connectivity index (χ1n) is 15.6. The second-order valence-electron chi connectivity index (χ2n) is 11.4. The van der Waals surface area contributed by atoms with Gasteiger partial charge in [-0.25, -0.2) is 15.0 Å². The highest BCUT2D eigenvalue weighted by molar-refractivity contribution is 5.84. The van der Waals surface area contributed by atoms with Gasteiger partial charge in [-0.2, -0.15) is 0 Å². The molecular weight excluding hydrogens is 570 g/mol. The summed E-state index contributed by atoms with van der Waals surface area (Å²) in [6.07, 6.45) is -0.0281.